The lowest BCUT2D eigenvalue weighted by Crippen LogP contribution is -2.38. The van der Waals surface area contributed by atoms with Crippen molar-refractivity contribution >= 4 is 16.6 Å². The van der Waals surface area contributed by atoms with E-state index in [9.17, 15) is 13.2 Å². The van der Waals surface area contributed by atoms with E-state index in [-0.39, 0.29) is 18.2 Å². The molecule has 6 nitrogen and oxygen atoms in total. The zero-order valence-electron chi connectivity index (χ0n) is 17.5. The molecule has 32 heavy (non-hydrogen) atoms. The number of halogens is 3. The van der Waals surface area contributed by atoms with Crippen LogP contribution in [0.2, 0.25) is 0 Å². The van der Waals surface area contributed by atoms with Crippen molar-refractivity contribution < 1.29 is 13.2 Å². The molecule has 5 rings (SSSR count). The van der Waals surface area contributed by atoms with Gasteiger partial charge in [0.05, 0.1) is 5.52 Å². The van der Waals surface area contributed by atoms with Crippen molar-refractivity contribution in [1.29, 1.82) is 0 Å². The van der Waals surface area contributed by atoms with Gasteiger partial charge in [0, 0.05) is 30.7 Å². The number of likely N-dealkylation sites (tertiary alicyclic amines) is 1. The lowest BCUT2D eigenvalue weighted by atomic mass is 10.1. The zero-order chi connectivity index (χ0) is 22.5. The number of pyridine rings is 2. The third kappa shape index (κ3) is 3.61. The van der Waals surface area contributed by atoms with Crippen molar-refractivity contribution in [3.05, 3.63) is 59.8 Å². The maximum Gasteiger partial charge on any atom is 0.408 e. The lowest BCUT2D eigenvalue weighted by molar-refractivity contribution is -0.183. The number of aryl methyl sites for hydroxylation is 1. The Balaban J connectivity index is 1.62. The normalized spacial score (nSPS) is 18.6. The summed E-state index contributed by atoms with van der Waals surface area (Å²) in [7, 11) is 0. The number of nitrogens with two attached hydrogens (primary N) is 1. The fourth-order valence-electron chi connectivity index (χ4n) is 4.52. The molecule has 9 heteroatoms. The molecule has 2 unspecified atom stereocenters. The number of hydrogen-bond donors (Lipinski definition) is 1. The fraction of sp³-hybridized carbons (Fsp3) is 0.348. The standard InChI is InChI=1S/C23H23F3N6/c1-2-14-4-3-5-15-6-8-18(28-20(14)15)22-30-29-19-9-7-16(12-32(19)22)21(23(24,25)26)31-11-10-17(27)13-31/h3-9,12,17,21H,2,10-11,13,27H2,1H3. The SMILES string of the molecule is CCc1cccc2ccc(-c3nnc4ccc(C(N5CCC(N)C5)C(F)(F)F)cn34)nc12. The Hall–Kier alpha value is -3.04. The highest BCUT2D eigenvalue weighted by molar-refractivity contribution is 5.84. The summed E-state index contributed by atoms with van der Waals surface area (Å²) in [5.74, 6) is 0.411. The molecule has 1 aliphatic rings. The van der Waals surface area contributed by atoms with E-state index in [1.165, 1.54) is 17.2 Å². The fourth-order valence-corrected chi connectivity index (χ4v) is 4.52. The molecule has 2 atom stereocenters. The minimum Gasteiger partial charge on any atom is -0.326 e. The van der Waals surface area contributed by atoms with Crippen LogP contribution in [0.4, 0.5) is 13.2 Å². The highest BCUT2D eigenvalue weighted by Crippen LogP contribution is 2.39. The first kappa shape index (κ1) is 20.8. The smallest absolute Gasteiger partial charge is 0.326 e. The Morgan fingerprint density at radius 1 is 1.12 bits per heavy atom. The lowest BCUT2D eigenvalue weighted by Gasteiger charge is -2.30. The van der Waals surface area contributed by atoms with E-state index in [0.717, 1.165) is 22.9 Å². The van der Waals surface area contributed by atoms with E-state index >= 15 is 0 Å². The van der Waals surface area contributed by atoms with E-state index < -0.39 is 12.2 Å². The molecule has 1 aromatic carbocycles. The van der Waals surface area contributed by atoms with E-state index in [0.29, 0.717) is 30.1 Å². The van der Waals surface area contributed by atoms with Crippen molar-refractivity contribution in [3.63, 3.8) is 0 Å². The maximum absolute atomic E-state index is 14.1. The second-order valence-electron chi connectivity index (χ2n) is 8.24. The second-order valence-corrected chi connectivity index (χ2v) is 8.24. The summed E-state index contributed by atoms with van der Waals surface area (Å²) in [6, 6.07) is 10.8. The molecule has 1 aliphatic heterocycles. The molecule has 1 fully saturated rings. The van der Waals surface area contributed by atoms with E-state index in [4.69, 9.17) is 10.7 Å². The van der Waals surface area contributed by atoms with Crippen molar-refractivity contribution in [1.82, 2.24) is 24.5 Å². The molecular weight excluding hydrogens is 417 g/mol. The quantitative estimate of drug-likeness (QED) is 0.516. The van der Waals surface area contributed by atoms with E-state index in [1.54, 1.807) is 10.5 Å². The summed E-state index contributed by atoms with van der Waals surface area (Å²) >= 11 is 0. The number of nitrogens with zero attached hydrogens (tertiary/aromatic N) is 5. The van der Waals surface area contributed by atoms with Crippen molar-refractivity contribution in [2.24, 2.45) is 5.73 Å². The monoisotopic (exact) mass is 440 g/mol. The summed E-state index contributed by atoms with van der Waals surface area (Å²) in [5.41, 5.74) is 9.01. The third-order valence-electron chi connectivity index (χ3n) is 6.09. The van der Waals surface area contributed by atoms with Gasteiger partial charge in [-0.25, -0.2) is 4.98 Å². The molecule has 0 radical (unpaired) electrons. The van der Waals surface area contributed by atoms with Gasteiger partial charge < -0.3 is 5.73 Å². The van der Waals surface area contributed by atoms with Crippen LogP contribution in [0.25, 0.3) is 28.1 Å². The van der Waals surface area contributed by atoms with Gasteiger partial charge in [-0.15, -0.1) is 10.2 Å². The molecule has 1 saturated heterocycles. The molecular formula is C23H23F3N6. The van der Waals surface area contributed by atoms with Crippen LogP contribution in [0.1, 0.15) is 30.5 Å². The minimum absolute atomic E-state index is 0.134. The second kappa shape index (κ2) is 7.83. The zero-order valence-corrected chi connectivity index (χ0v) is 17.5. The average molecular weight is 440 g/mol. The number of aromatic nitrogens is 4. The molecule has 0 aliphatic carbocycles. The van der Waals surface area contributed by atoms with Gasteiger partial charge in [0.15, 0.2) is 11.5 Å². The molecule has 0 amide bonds. The number of alkyl halides is 3. The van der Waals surface area contributed by atoms with Gasteiger partial charge >= 0.3 is 6.18 Å². The van der Waals surface area contributed by atoms with Crippen LogP contribution < -0.4 is 5.73 Å². The first-order chi connectivity index (χ1) is 15.3. The van der Waals surface area contributed by atoms with Crippen LogP contribution in [0, 0.1) is 0 Å². The van der Waals surface area contributed by atoms with Crippen LogP contribution >= 0.6 is 0 Å². The van der Waals surface area contributed by atoms with Crippen LogP contribution in [0.5, 0.6) is 0 Å². The highest BCUT2D eigenvalue weighted by atomic mass is 19.4. The van der Waals surface area contributed by atoms with Gasteiger partial charge in [-0.05, 0) is 36.1 Å². The van der Waals surface area contributed by atoms with E-state index in [1.807, 2.05) is 30.3 Å². The van der Waals surface area contributed by atoms with E-state index in [2.05, 4.69) is 17.1 Å². The van der Waals surface area contributed by atoms with Crippen molar-refractivity contribution in [2.45, 2.75) is 38.0 Å². The van der Waals surface area contributed by atoms with Crippen molar-refractivity contribution in [3.8, 4) is 11.5 Å². The predicted molar refractivity (Wildman–Crippen MR) is 116 cm³/mol. The largest absolute Gasteiger partial charge is 0.408 e. The molecule has 0 bridgehead atoms. The number of hydrogen-bond acceptors (Lipinski definition) is 5. The molecule has 0 spiro atoms. The molecule has 4 aromatic rings. The Labute approximate surface area is 182 Å². The Kier molecular flexibility index (Phi) is 5.10. The topological polar surface area (TPSA) is 72.3 Å². The number of para-hydroxylation sites is 1. The van der Waals surface area contributed by atoms with Gasteiger partial charge in [-0.3, -0.25) is 9.30 Å². The summed E-state index contributed by atoms with van der Waals surface area (Å²) < 4.78 is 43.8. The summed E-state index contributed by atoms with van der Waals surface area (Å²) in [6.07, 6.45) is -1.58. The van der Waals surface area contributed by atoms with Crippen LogP contribution in [-0.4, -0.2) is 49.8 Å². The predicted octanol–water partition coefficient (Wildman–Crippen LogP) is 4.14. The number of fused-ring (bicyclic) bond motifs is 2. The van der Waals surface area contributed by atoms with Crippen LogP contribution in [0.3, 0.4) is 0 Å². The minimum atomic E-state index is -4.43. The van der Waals surface area contributed by atoms with Gasteiger partial charge in [-0.1, -0.05) is 37.3 Å². The Morgan fingerprint density at radius 3 is 2.69 bits per heavy atom. The molecule has 3 aromatic heterocycles. The molecule has 0 saturated carbocycles. The first-order valence-corrected chi connectivity index (χ1v) is 10.6. The molecule has 2 N–H and O–H groups in total. The van der Waals surface area contributed by atoms with Crippen LogP contribution in [0.15, 0.2) is 48.7 Å². The van der Waals surface area contributed by atoms with Crippen molar-refractivity contribution in [2.75, 3.05) is 13.1 Å². The molecule has 166 valence electrons. The summed E-state index contributed by atoms with van der Waals surface area (Å²) in [6.45, 7) is 2.58. The van der Waals surface area contributed by atoms with Gasteiger partial charge in [0.25, 0.3) is 0 Å². The first-order valence-electron chi connectivity index (χ1n) is 10.6. The Bertz CT molecular complexity index is 1280. The summed E-state index contributed by atoms with van der Waals surface area (Å²) in [4.78, 5) is 6.18. The third-order valence-corrected chi connectivity index (χ3v) is 6.09. The van der Waals surface area contributed by atoms with Gasteiger partial charge in [0.1, 0.15) is 11.7 Å². The molecule has 4 heterocycles. The van der Waals surface area contributed by atoms with Gasteiger partial charge in [-0.2, -0.15) is 13.2 Å². The maximum atomic E-state index is 14.1. The van der Waals surface area contributed by atoms with Gasteiger partial charge in [0.2, 0.25) is 0 Å². The number of rotatable bonds is 4. The van der Waals surface area contributed by atoms with Crippen LogP contribution in [-0.2, 0) is 6.42 Å². The highest BCUT2D eigenvalue weighted by Gasteiger charge is 2.46. The average Bonchev–Trinajstić information content (AvgIpc) is 3.38. The summed E-state index contributed by atoms with van der Waals surface area (Å²) in [5, 5.41) is 9.39. The number of benzene rings is 1. The Morgan fingerprint density at radius 2 is 1.97 bits per heavy atom.